The number of anilines is 1. The molecule has 1 aromatic carbocycles. The average molecular weight is 283 g/mol. The number of hydrogen-bond donors (Lipinski definition) is 1. The number of fused-ring (bicyclic) bond motifs is 1. The Kier molecular flexibility index (Phi) is 3.65. The highest BCUT2D eigenvalue weighted by Gasteiger charge is 2.06. The summed E-state index contributed by atoms with van der Waals surface area (Å²) in [6, 6.07) is 10.4. The van der Waals surface area contributed by atoms with Crippen LogP contribution in [-0.2, 0) is 13.0 Å². The van der Waals surface area contributed by atoms with Gasteiger partial charge in [0.25, 0.3) is 0 Å². The normalized spacial score (nSPS) is 10.9. The van der Waals surface area contributed by atoms with Crippen molar-refractivity contribution in [2.45, 2.75) is 26.8 Å². The van der Waals surface area contributed by atoms with Crippen LogP contribution in [0, 0.1) is 6.92 Å². The van der Waals surface area contributed by atoms with Gasteiger partial charge in [-0.15, -0.1) is 11.3 Å². The first-order valence-corrected chi connectivity index (χ1v) is 7.67. The van der Waals surface area contributed by atoms with Crippen molar-refractivity contribution in [1.29, 1.82) is 0 Å². The molecule has 3 aromatic rings. The molecule has 0 fully saturated rings. The van der Waals surface area contributed by atoms with Crippen molar-refractivity contribution in [3.8, 4) is 0 Å². The lowest BCUT2D eigenvalue weighted by Gasteiger charge is -2.11. The summed E-state index contributed by atoms with van der Waals surface area (Å²) in [5, 5.41) is 4.71. The van der Waals surface area contributed by atoms with E-state index in [4.69, 9.17) is 0 Å². The number of rotatable bonds is 4. The summed E-state index contributed by atoms with van der Waals surface area (Å²) in [5.74, 6) is 0. The third kappa shape index (κ3) is 2.51. The summed E-state index contributed by atoms with van der Waals surface area (Å²) in [5.41, 5.74) is 6.33. The highest BCUT2D eigenvalue weighted by Crippen LogP contribution is 2.24. The molecule has 0 saturated carbocycles. The number of para-hydroxylation sites is 1. The van der Waals surface area contributed by atoms with Gasteiger partial charge in [0.05, 0.1) is 23.3 Å². The Morgan fingerprint density at radius 2 is 2.10 bits per heavy atom. The third-order valence-electron chi connectivity index (χ3n) is 3.42. The van der Waals surface area contributed by atoms with Crippen LogP contribution < -0.4 is 5.32 Å². The summed E-state index contributed by atoms with van der Waals surface area (Å²) in [7, 11) is 0. The lowest BCUT2D eigenvalue weighted by molar-refractivity contribution is 1.05. The van der Waals surface area contributed by atoms with Crippen molar-refractivity contribution in [2.75, 3.05) is 5.32 Å². The molecule has 0 radical (unpaired) electrons. The van der Waals surface area contributed by atoms with Crippen LogP contribution in [0.15, 0.2) is 35.8 Å². The van der Waals surface area contributed by atoms with E-state index in [1.165, 1.54) is 10.3 Å². The summed E-state index contributed by atoms with van der Waals surface area (Å²) >= 11 is 1.69. The van der Waals surface area contributed by atoms with Crippen LogP contribution in [-0.4, -0.2) is 9.97 Å². The summed E-state index contributed by atoms with van der Waals surface area (Å²) in [6.45, 7) is 5.00. The molecule has 0 bridgehead atoms. The van der Waals surface area contributed by atoms with Crippen LogP contribution in [0.25, 0.3) is 10.9 Å². The van der Waals surface area contributed by atoms with Crippen molar-refractivity contribution in [1.82, 2.24) is 9.97 Å². The van der Waals surface area contributed by atoms with E-state index in [0.29, 0.717) is 0 Å². The van der Waals surface area contributed by atoms with E-state index >= 15 is 0 Å². The predicted molar refractivity (Wildman–Crippen MR) is 85.3 cm³/mol. The molecular formula is C16H17N3S. The van der Waals surface area contributed by atoms with Crippen molar-refractivity contribution in [2.24, 2.45) is 0 Å². The number of aryl methyl sites for hydroxylation is 2. The molecule has 0 amide bonds. The van der Waals surface area contributed by atoms with E-state index in [-0.39, 0.29) is 0 Å². The minimum atomic E-state index is 0.813. The maximum atomic E-state index is 4.67. The monoisotopic (exact) mass is 283 g/mol. The third-order valence-corrected chi connectivity index (χ3v) is 4.35. The fourth-order valence-corrected chi connectivity index (χ4v) is 2.95. The maximum absolute atomic E-state index is 4.67. The molecule has 0 aliphatic rings. The van der Waals surface area contributed by atoms with Crippen LogP contribution in [0.2, 0.25) is 0 Å². The zero-order chi connectivity index (χ0) is 13.9. The van der Waals surface area contributed by atoms with Crippen molar-refractivity contribution < 1.29 is 0 Å². The zero-order valence-electron chi connectivity index (χ0n) is 11.7. The molecule has 102 valence electrons. The van der Waals surface area contributed by atoms with Crippen molar-refractivity contribution >= 4 is 27.9 Å². The molecule has 3 rings (SSSR count). The number of aromatic nitrogens is 2. The quantitative estimate of drug-likeness (QED) is 0.780. The van der Waals surface area contributed by atoms with E-state index in [1.807, 2.05) is 11.6 Å². The SMILES string of the molecule is CCc1cc(NCc2scnc2C)c2ccccc2n1. The first-order valence-electron chi connectivity index (χ1n) is 6.79. The number of benzene rings is 1. The Labute approximate surface area is 122 Å². The molecule has 0 saturated heterocycles. The van der Waals surface area contributed by atoms with E-state index < -0.39 is 0 Å². The van der Waals surface area contributed by atoms with E-state index in [2.05, 4.69) is 53.4 Å². The van der Waals surface area contributed by atoms with E-state index in [1.54, 1.807) is 11.3 Å². The van der Waals surface area contributed by atoms with Crippen LogP contribution in [0.5, 0.6) is 0 Å². The molecule has 0 atom stereocenters. The maximum Gasteiger partial charge on any atom is 0.0798 e. The Bertz CT molecular complexity index is 733. The Morgan fingerprint density at radius 1 is 1.25 bits per heavy atom. The van der Waals surface area contributed by atoms with Crippen LogP contribution in [0.3, 0.4) is 0 Å². The second-order valence-electron chi connectivity index (χ2n) is 4.75. The molecule has 3 nitrogen and oxygen atoms in total. The van der Waals surface area contributed by atoms with Gasteiger partial charge in [0, 0.05) is 21.6 Å². The van der Waals surface area contributed by atoms with Crippen LogP contribution in [0.1, 0.15) is 23.2 Å². The van der Waals surface area contributed by atoms with Gasteiger partial charge in [0.1, 0.15) is 0 Å². The molecule has 0 spiro atoms. The van der Waals surface area contributed by atoms with Gasteiger partial charge >= 0.3 is 0 Å². The Morgan fingerprint density at radius 3 is 2.85 bits per heavy atom. The van der Waals surface area contributed by atoms with Crippen LogP contribution in [0.4, 0.5) is 5.69 Å². The van der Waals surface area contributed by atoms with Gasteiger partial charge in [0.2, 0.25) is 0 Å². The number of thiazole rings is 1. The second kappa shape index (κ2) is 5.59. The Balaban J connectivity index is 1.95. The molecule has 1 N–H and O–H groups in total. The molecule has 0 aliphatic heterocycles. The zero-order valence-corrected chi connectivity index (χ0v) is 12.5. The Hall–Kier alpha value is -1.94. The van der Waals surface area contributed by atoms with Crippen molar-refractivity contribution in [3.63, 3.8) is 0 Å². The summed E-state index contributed by atoms with van der Waals surface area (Å²) in [4.78, 5) is 10.2. The van der Waals surface area contributed by atoms with Crippen LogP contribution >= 0.6 is 11.3 Å². The highest BCUT2D eigenvalue weighted by molar-refractivity contribution is 7.09. The standard InChI is InChI=1S/C16H17N3S/c1-3-12-8-15(13-6-4-5-7-14(13)19-12)17-9-16-11(2)18-10-20-16/h4-8,10H,3,9H2,1-2H3,(H,17,19). The molecule has 0 aliphatic carbocycles. The van der Waals surface area contributed by atoms with Crippen molar-refractivity contribution in [3.05, 3.63) is 52.1 Å². The van der Waals surface area contributed by atoms with Gasteiger partial charge in [-0.1, -0.05) is 25.1 Å². The molecule has 2 aromatic heterocycles. The van der Waals surface area contributed by atoms with Gasteiger partial charge in [0.15, 0.2) is 0 Å². The number of nitrogens with zero attached hydrogens (tertiary/aromatic N) is 2. The molecule has 0 unspecified atom stereocenters. The van der Waals surface area contributed by atoms with Gasteiger partial charge in [-0.2, -0.15) is 0 Å². The van der Waals surface area contributed by atoms with Gasteiger partial charge in [-0.25, -0.2) is 4.98 Å². The highest BCUT2D eigenvalue weighted by atomic mass is 32.1. The minimum absolute atomic E-state index is 0.813. The fourth-order valence-electron chi connectivity index (χ4n) is 2.23. The summed E-state index contributed by atoms with van der Waals surface area (Å²) in [6.07, 6.45) is 0.944. The second-order valence-corrected chi connectivity index (χ2v) is 5.69. The van der Waals surface area contributed by atoms with Gasteiger partial charge < -0.3 is 5.32 Å². The van der Waals surface area contributed by atoms with E-state index in [0.717, 1.165) is 35.6 Å². The average Bonchev–Trinajstić information content (AvgIpc) is 2.89. The number of hydrogen-bond acceptors (Lipinski definition) is 4. The number of nitrogens with one attached hydrogen (secondary N) is 1. The van der Waals surface area contributed by atoms with E-state index in [9.17, 15) is 0 Å². The minimum Gasteiger partial charge on any atom is -0.379 e. The summed E-state index contributed by atoms with van der Waals surface area (Å²) < 4.78 is 0. The number of pyridine rings is 1. The van der Waals surface area contributed by atoms with Gasteiger partial charge in [-0.3, -0.25) is 4.98 Å². The van der Waals surface area contributed by atoms with Gasteiger partial charge in [-0.05, 0) is 25.5 Å². The smallest absolute Gasteiger partial charge is 0.0798 e. The first kappa shape index (κ1) is 13.1. The molecule has 20 heavy (non-hydrogen) atoms. The molecular weight excluding hydrogens is 266 g/mol. The lowest BCUT2D eigenvalue weighted by Crippen LogP contribution is -2.02. The predicted octanol–water partition coefficient (Wildman–Crippen LogP) is 4.17. The topological polar surface area (TPSA) is 37.8 Å². The largest absolute Gasteiger partial charge is 0.379 e. The first-order chi connectivity index (χ1) is 9.78. The molecule has 2 heterocycles. The molecule has 4 heteroatoms. The fraction of sp³-hybridized carbons (Fsp3) is 0.250. The lowest BCUT2D eigenvalue weighted by atomic mass is 10.1.